The number of aliphatic hydroxyl groups is 1. The molecular weight excluding hydrogens is 464 g/mol. The molecule has 1 amide bonds. The fourth-order valence-corrected chi connectivity index (χ4v) is 4.44. The van der Waals surface area contributed by atoms with E-state index in [0.717, 1.165) is 6.92 Å². The van der Waals surface area contributed by atoms with Crippen LogP contribution in [0.5, 0.6) is 0 Å². The SMILES string of the molecule is Cc1c(CC(=O)N(C)C2(c3ccccc3)CCC(O)C(=O)C2)cc(C(F)(F)F)cc1C(F)(F)F. The van der Waals surface area contributed by atoms with E-state index in [9.17, 15) is 41.0 Å². The third-order valence-corrected chi connectivity index (χ3v) is 6.49. The summed E-state index contributed by atoms with van der Waals surface area (Å²) in [7, 11) is 1.37. The number of Topliss-reactive ketones (excluding diaryl/α,β-unsaturated/α-hetero) is 1. The van der Waals surface area contributed by atoms with E-state index in [1.807, 2.05) is 0 Å². The maximum atomic E-state index is 13.4. The summed E-state index contributed by atoms with van der Waals surface area (Å²) < 4.78 is 80.1. The van der Waals surface area contributed by atoms with Crippen LogP contribution in [-0.4, -0.2) is 34.8 Å². The topological polar surface area (TPSA) is 57.6 Å². The maximum Gasteiger partial charge on any atom is 0.416 e. The van der Waals surface area contributed by atoms with E-state index in [0.29, 0.717) is 11.6 Å². The van der Waals surface area contributed by atoms with Gasteiger partial charge in [-0.15, -0.1) is 0 Å². The van der Waals surface area contributed by atoms with Crippen molar-refractivity contribution in [2.24, 2.45) is 0 Å². The number of nitrogens with zero attached hydrogens (tertiary/aromatic N) is 1. The number of aliphatic hydroxyl groups excluding tert-OH is 1. The fraction of sp³-hybridized carbons (Fsp3) is 0.417. The van der Waals surface area contributed by atoms with Crippen molar-refractivity contribution in [3.05, 3.63) is 70.3 Å². The molecule has 0 bridgehead atoms. The van der Waals surface area contributed by atoms with Gasteiger partial charge in [0.2, 0.25) is 5.91 Å². The Morgan fingerprint density at radius 3 is 2.24 bits per heavy atom. The van der Waals surface area contributed by atoms with Crippen molar-refractivity contribution >= 4 is 11.7 Å². The van der Waals surface area contributed by atoms with Gasteiger partial charge >= 0.3 is 12.4 Å². The highest BCUT2D eigenvalue weighted by molar-refractivity contribution is 5.87. The number of likely N-dealkylation sites (N-methyl/N-ethyl adjacent to an activating group) is 1. The predicted octanol–water partition coefficient (Wildman–Crippen LogP) is 5.04. The average molecular weight is 487 g/mol. The van der Waals surface area contributed by atoms with E-state index in [2.05, 4.69) is 0 Å². The molecule has 1 fully saturated rings. The molecule has 34 heavy (non-hydrogen) atoms. The number of ketones is 1. The quantitative estimate of drug-likeness (QED) is 0.615. The van der Waals surface area contributed by atoms with E-state index < -0.39 is 64.4 Å². The lowest BCUT2D eigenvalue weighted by Crippen LogP contribution is -2.53. The highest BCUT2D eigenvalue weighted by Crippen LogP contribution is 2.42. The van der Waals surface area contributed by atoms with Crippen molar-refractivity contribution in [2.45, 2.75) is 56.6 Å². The molecule has 0 spiro atoms. The molecule has 1 aliphatic carbocycles. The smallest absolute Gasteiger partial charge is 0.385 e. The van der Waals surface area contributed by atoms with Gasteiger partial charge in [-0.1, -0.05) is 30.3 Å². The second kappa shape index (κ2) is 9.05. The van der Waals surface area contributed by atoms with Crippen molar-refractivity contribution in [1.29, 1.82) is 0 Å². The van der Waals surface area contributed by atoms with Crippen LogP contribution in [0, 0.1) is 6.92 Å². The minimum atomic E-state index is -5.04. The zero-order valence-corrected chi connectivity index (χ0v) is 18.4. The van der Waals surface area contributed by atoms with Crippen LogP contribution in [0.4, 0.5) is 26.3 Å². The normalized spacial score (nSPS) is 21.4. The van der Waals surface area contributed by atoms with Gasteiger partial charge in [0.05, 0.1) is 23.1 Å². The van der Waals surface area contributed by atoms with Crippen LogP contribution in [-0.2, 0) is 33.9 Å². The first-order valence-electron chi connectivity index (χ1n) is 10.5. The summed E-state index contributed by atoms with van der Waals surface area (Å²) in [5.74, 6) is -1.24. The molecule has 1 N–H and O–H groups in total. The van der Waals surface area contributed by atoms with Crippen molar-refractivity contribution in [1.82, 2.24) is 4.90 Å². The summed E-state index contributed by atoms with van der Waals surface area (Å²) in [5, 5.41) is 9.90. The molecule has 3 rings (SSSR count). The third-order valence-electron chi connectivity index (χ3n) is 6.49. The van der Waals surface area contributed by atoms with Crippen LogP contribution < -0.4 is 0 Å². The number of amides is 1. The van der Waals surface area contributed by atoms with Crippen molar-refractivity contribution in [2.75, 3.05) is 7.05 Å². The molecule has 0 aromatic heterocycles. The lowest BCUT2D eigenvalue weighted by Gasteiger charge is -2.45. The molecule has 2 aromatic rings. The predicted molar refractivity (Wildman–Crippen MR) is 111 cm³/mol. The van der Waals surface area contributed by atoms with E-state index in [4.69, 9.17) is 0 Å². The molecule has 0 heterocycles. The standard InChI is InChI=1S/C24H23F6NO3/c1-14-15(10-17(23(25,26)27)12-18(14)24(28,29)30)11-21(34)31(2)22(16-6-4-3-5-7-16)9-8-19(32)20(33)13-22/h3-7,10,12,19,32H,8-9,11,13H2,1-2H3. The number of hydrogen-bond acceptors (Lipinski definition) is 3. The van der Waals surface area contributed by atoms with Crippen LogP contribution >= 0.6 is 0 Å². The molecule has 0 saturated heterocycles. The van der Waals surface area contributed by atoms with Gasteiger partial charge in [-0.25, -0.2) is 0 Å². The Morgan fingerprint density at radius 1 is 1.09 bits per heavy atom. The Bertz CT molecular complexity index is 1080. The van der Waals surface area contributed by atoms with E-state index in [1.165, 1.54) is 11.9 Å². The molecular formula is C24H23F6NO3. The summed E-state index contributed by atoms with van der Waals surface area (Å²) in [6.45, 7) is 1.03. The molecule has 184 valence electrons. The average Bonchev–Trinajstić information content (AvgIpc) is 2.75. The lowest BCUT2D eigenvalue weighted by molar-refractivity contribution is -0.146. The van der Waals surface area contributed by atoms with E-state index in [-0.39, 0.29) is 25.3 Å². The first kappa shape index (κ1) is 25.7. The highest BCUT2D eigenvalue weighted by Gasteiger charge is 2.46. The van der Waals surface area contributed by atoms with Gasteiger partial charge in [0.1, 0.15) is 6.10 Å². The number of benzene rings is 2. The van der Waals surface area contributed by atoms with Crippen LogP contribution in [0.25, 0.3) is 0 Å². The molecule has 2 unspecified atom stereocenters. The Hall–Kier alpha value is -2.88. The Kier molecular flexibility index (Phi) is 6.85. The molecule has 1 saturated carbocycles. The molecule has 2 atom stereocenters. The van der Waals surface area contributed by atoms with Crippen LogP contribution in [0.2, 0.25) is 0 Å². The van der Waals surface area contributed by atoms with E-state index in [1.54, 1.807) is 30.3 Å². The summed E-state index contributed by atoms with van der Waals surface area (Å²) in [6.07, 6.45) is -12.0. The van der Waals surface area contributed by atoms with Crippen LogP contribution in [0.1, 0.15) is 47.1 Å². The van der Waals surface area contributed by atoms with Gasteiger partial charge in [0.15, 0.2) is 5.78 Å². The summed E-state index contributed by atoms with van der Waals surface area (Å²) in [4.78, 5) is 26.8. The first-order chi connectivity index (χ1) is 15.7. The maximum absolute atomic E-state index is 13.4. The third kappa shape index (κ3) is 4.96. The Morgan fingerprint density at radius 2 is 1.71 bits per heavy atom. The molecule has 1 aliphatic rings. The second-order valence-corrected chi connectivity index (χ2v) is 8.53. The minimum absolute atomic E-state index is 0.0413. The monoisotopic (exact) mass is 487 g/mol. The second-order valence-electron chi connectivity index (χ2n) is 8.53. The highest BCUT2D eigenvalue weighted by atomic mass is 19.4. The number of alkyl halides is 6. The molecule has 2 aromatic carbocycles. The lowest BCUT2D eigenvalue weighted by atomic mass is 9.73. The van der Waals surface area contributed by atoms with Gasteiger partial charge in [0.25, 0.3) is 0 Å². The first-order valence-corrected chi connectivity index (χ1v) is 10.5. The van der Waals surface area contributed by atoms with Gasteiger partial charge in [-0.3, -0.25) is 9.59 Å². The van der Waals surface area contributed by atoms with Gasteiger partial charge < -0.3 is 10.0 Å². The van der Waals surface area contributed by atoms with Gasteiger partial charge in [0, 0.05) is 13.5 Å². The Balaban J connectivity index is 2.03. The minimum Gasteiger partial charge on any atom is -0.385 e. The molecule has 10 heteroatoms. The van der Waals surface area contributed by atoms with Crippen LogP contribution in [0.3, 0.4) is 0 Å². The molecule has 0 radical (unpaired) electrons. The number of carbonyl (C=O) groups excluding carboxylic acids is 2. The van der Waals surface area contributed by atoms with Crippen molar-refractivity contribution in [3.63, 3.8) is 0 Å². The number of rotatable bonds is 4. The molecule has 4 nitrogen and oxygen atoms in total. The number of hydrogen-bond donors (Lipinski definition) is 1. The molecule has 0 aliphatic heterocycles. The zero-order chi connectivity index (χ0) is 25.5. The van der Waals surface area contributed by atoms with Crippen molar-refractivity contribution < 1.29 is 41.0 Å². The zero-order valence-electron chi connectivity index (χ0n) is 18.4. The van der Waals surface area contributed by atoms with E-state index >= 15 is 0 Å². The van der Waals surface area contributed by atoms with Gasteiger partial charge in [-0.2, -0.15) is 26.3 Å². The Labute approximate surface area is 192 Å². The largest absolute Gasteiger partial charge is 0.416 e. The van der Waals surface area contributed by atoms with Crippen LogP contribution in [0.15, 0.2) is 42.5 Å². The van der Waals surface area contributed by atoms with Gasteiger partial charge in [-0.05, 0) is 48.6 Å². The summed E-state index contributed by atoms with van der Waals surface area (Å²) in [5.41, 5.74) is -4.42. The van der Waals surface area contributed by atoms with Crippen molar-refractivity contribution in [3.8, 4) is 0 Å². The summed E-state index contributed by atoms with van der Waals surface area (Å²) >= 11 is 0. The summed E-state index contributed by atoms with van der Waals surface area (Å²) in [6, 6.07) is 9.08. The number of halogens is 6. The number of carbonyl (C=O) groups is 2. The fourth-order valence-electron chi connectivity index (χ4n) is 4.44.